The van der Waals surface area contributed by atoms with Crippen molar-refractivity contribution in [3.63, 3.8) is 0 Å². The number of amides is 3. The first kappa shape index (κ1) is 16.6. The van der Waals surface area contributed by atoms with Crippen molar-refractivity contribution in [2.24, 2.45) is 7.05 Å². The van der Waals surface area contributed by atoms with Crippen molar-refractivity contribution in [3.8, 4) is 0 Å². The van der Waals surface area contributed by atoms with E-state index < -0.39 is 6.04 Å². The normalized spacial score (nSPS) is 21.9. The number of hydrogen-bond donors (Lipinski definition) is 2. The molecule has 1 aromatic heterocycles. The smallest absolute Gasteiger partial charge is 0.317 e. The first-order chi connectivity index (χ1) is 11.4. The van der Waals surface area contributed by atoms with Gasteiger partial charge >= 0.3 is 6.03 Å². The fourth-order valence-corrected chi connectivity index (χ4v) is 3.63. The molecule has 1 saturated heterocycles. The molecule has 1 saturated carbocycles. The SMILES string of the molecule is Cc1c(NC(=O)C2CN(C)C(=O)N2)c(=O)n(C2CCCCC2)n1C. The van der Waals surface area contributed by atoms with Gasteiger partial charge in [-0.3, -0.25) is 14.3 Å². The molecular weight excluding hydrogens is 310 g/mol. The van der Waals surface area contributed by atoms with Crippen LogP contribution in [0, 0.1) is 6.92 Å². The van der Waals surface area contributed by atoms with Crippen molar-refractivity contribution in [2.45, 2.75) is 51.1 Å². The van der Waals surface area contributed by atoms with Crippen LogP contribution in [0.4, 0.5) is 10.5 Å². The second-order valence-electron chi connectivity index (χ2n) is 6.80. The monoisotopic (exact) mass is 335 g/mol. The molecule has 2 aliphatic rings. The van der Waals surface area contributed by atoms with Crippen molar-refractivity contribution < 1.29 is 9.59 Å². The highest BCUT2D eigenvalue weighted by Gasteiger charge is 2.32. The maximum atomic E-state index is 12.8. The Morgan fingerprint density at radius 1 is 1.17 bits per heavy atom. The van der Waals surface area contributed by atoms with Crippen LogP contribution in [-0.2, 0) is 11.8 Å². The number of carbonyl (C=O) groups excluding carboxylic acids is 2. The summed E-state index contributed by atoms with van der Waals surface area (Å²) in [5, 5.41) is 5.33. The molecule has 0 bridgehead atoms. The summed E-state index contributed by atoms with van der Waals surface area (Å²) >= 11 is 0. The van der Waals surface area contributed by atoms with Crippen LogP contribution in [0.1, 0.15) is 43.8 Å². The molecule has 3 amide bonds. The summed E-state index contributed by atoms with van der Waals surface area (Å²) in [6.45, 7) is 2.13. The summed E-state index contributed by atoms with van der Waals surface area (Å²) in [4.78, 5) is 38.2. The number of anilines is 1. The molecule has 1 aliphatic heterocycles. The number of hydrogen-bond acceptors (Lipinski definition) is 3. The van der Waals surface area contributed by atoms with Gasteiger partial charge in [-0.25, -0.2) is 9.48 Å². The van der Waals surface area contributed by atoms with Crippen LogP contribution in [-0.4, -0.2) is 45.8 Å². The molecule has 0 spiro atoms. The molecule has 1 unspecified atom stereocenters. The zero-order chi connectivity index (χ0) is 17.4. The molecule has 8 nitrogen and oxygen atoms in total. The van der Waals surface area contributed by atoms with E-state index in [9.17, 15) is 14.4 Å². The Hall–Kier alpha value is -2.25. The largest absolute Gasteiger partial charge is 0.325 e. The van der Waals surface area contributed by atoms with Crippen molar-refractivity contribution >= 4 is 17.6 Å². The number of likely N-dealkylation sites (N-methyl/N-ethyl adjacent to an activating group) is 1. The van der Waals surface area contributed by atoms with Crippen LogP contribution in [0.2, 0.25) is 0 Å². The highest BCUT2D eigenvalue weighted by molar-refractivity contribution is 5.99. The molecule has 0 radical (unpaired) electrons. The van der Waals surface area contributed by atoms with Gasteiger partial charge in [0, 0.05) is 14.1 Å². The Morgan fingerprint density at radius 2 is 1.83 bits per heavy atom. The van der Waals surface area contributed by atoms with Crippen molar-refractivity contribution in [1.82, 2.24) is 19.6 Å². The van der Waals surface area contributed by atoms with Gasteiger partial charge in [0.1, 0.15) is 11.7 Å². The minimum Gasteiger partial charge on any atom is -0.325 e. The lowest BCUT2D eigenvalue weighted by molar-refractivity contribution is -0.117. The van der Waals surface area contributed by atoms with Crippen LogP contribution in [0.5, 0.6) is 0 Å². The van der Waals surface area contributed by atoms with E-state index in [1.54, 1.807) is 11.7 Å². The van der Waals surface area contributed by atoms with E-state index in [4.69, 9.17) is 0 Å². The first-order valence-electron chi connectivity index (χ1n) is 8.50. The Bertz CT molecular complexity index is 714. The third-order valence-corrected chi connectivity index (χ3v) is 5.18. The van der Waals surface area contributed by atoms with Gasteiger partial charge in [-0.15, -0.1) is 0 Å². The summed E-state index contributed by atoms with van der Waals surface area (Å²) < 4.78 is 3.61. The Labute approximate surface area is 140 Å². The van der Waals surface area contributed by atoms with Gasteiger partial charge in [0.2, 0.25) is 5.91 Å². The fourth-order valence-electron chi connectivity index (χ4n) is 3.63. The van der Waals surface area contributed by atoms with Crippen LogP contribution in [0.3, 0.4) is 0 Å². The fraction of sp³-hybridized carbons (Fsp3) is 0.688. The highest BCUT2D eigenvalue weighted by Crippen LogP contribution is 2.28. The summed E-state index contributed by atoms with van der Waals surface area (Å²) in [7, 11) is 3.48. The summed E-state index contributed by atoms with van der Waals surface area (Å²) in [6, 6.07) is -0.720. The van der Waals surface area contributed by atoms with Gasteiger partial charge in [-0.2, -0.15) is 0 Å². The molecule has 2 heterocycles. The maximum absolute atomic E-state index is 12.8. The molecule has 1 atom stereocenters. The average molecular weight is 335 g/mol. The molecule has 1 aromatic rings. The van der Waals surface area contributed by atoms with E-state index in [1.165, 1.54) is 11.3 Å². The van der Waals surface area contributed by atoms with Gasteiger partial charge in [-0.05, 0) is 19.8 Å². The van der Waals surface area contributed by atoms with Gasteiger partial charge in [0.25, 0.3) is 5.56 Å². The Morgan fingerprint density at radius 3 is 2.42 bits per heavy atom. The Kier molecular flexibility index (Phi) is 4.38. The minimum absolute atomic E-state index is 0.159. The van der Waals surface area contributed by atoms with Crippen LogP contribution in [0.15, 0.2) is 4.79 Å². The van der Waals surface area contributed by atoms with Crippen molar-refractivity contribution in [1.29, 1.82) is 0 Å². The number of aromatic nitrogens is 2. The van der Waals surface area contributed by atoms with E-state index in [-0.39, 0.29) is 23.5 Å². The van der Waals surface area contributed by atoms with Gasteiger partial charge < -0.3 is 15.5 Å². The molecular formula is C16H25N5O3. The third-order valence-electron chi connectivity index (χ3n) is 5.18. The molecule has 3 rings (SSSR count). The lowest BCUT2D eigenvalue weighted by atomic mass is 9.96. The molecule has 0 aromatic carbocycles. The number of nitrogens with zero attached hydrogens (tertiary/aromatic N) is 3. The quantitative estimate of drug-likeness (QED) is 0.862. The van der Waals surface area contributed by atoms with Crippen LogP contribution in [0.25, 0.3) is 0 Å². The zero-order valence-corrected chi connectivity index (χ0v) is 14.5. The highest BCUT2D eigenvalue weighted by atomic mass is 16.2. The number of carbonyl (C=O) groups is 2. The Balaban J connectivity index is 1.82. The van der Waals surface area contributed by atoms with E-state index in [0.29, 0.717) is 12.2 Å². The zero-order valence-electron chi connectivity index (χ0n) is 14.5. The van der Waals surface area contributed by atoms with Gasteiger partial charge in [0.05, 0.1) is 18.3 Å². The van der Waals surface area contributed by atoms with Crippen LogP contribution >= 0.6 is 0 Å². The summed E-state index contributed by atoms with van der Waals surface area (Å²) in [5.74, 6) is -0.353. The summed E-state index contributed by atoms with van der Waals surface area (Å²) in [6.07, 6.45) is 5.46. The second-order valence-corrected chi connectivity index (χ2v) is 6.80. The first-order valence-corrected chi connectivity index (χ1v) is 8.50. The molecule has 132 valence electrons. The molecule has 24 heavy (non-hydrogen) atoms. The lowest BCUT2D eigenvalue weighted by Crippen LogP contribution is -2.39. The average Bonchev–Trinajstić information content (AvgIpc) is 3.01. The predicted octanol–water partition coefficient (Wildman–Crippen LogP) is 0.963. The maximum Gasteiger partial charge on any atom is 0.317 e. The van der Waals surface area contributed by atoms with E-state index in [2.05, 4.69) is 10.6 Å². The van der Waals surface area contributed by atoms with E-state index in [0.717, 1.165) is 31.4 Å². The van der Waals surface area contributed by atoms with Crippen molar-refractivity contribution in [2.75, 3.05) is 18.9 Å². The van der Waals surface area contributed by atoms with Gasteiger partial charge in [-0.1, -0.05) is 19.3 Å². The summed E-state index contributed by atoms with van der Waals surface area (Å²) in [5.41, 5.74) is 0.890. The van der Waals surface area contributed by atoms with Crippen LogP contribution < -0.4 is 16.2 Å². The molecule has 1 aliphatic carbocycles. The molecule has 8 heteroatoms. The molecule has 2 N–H and O–H groups in total. The standard InChI is InChI=1S/C16H25N5O3/c1-10-13(18-14(22)12-9-19(2)16(24)17-12)15(23)21(20(10)3)11-7-5-4-6-8-11/h11-12H,4-9H2,1-3H3,(H,17,24)(H,18,22). The van der Waals surface area contributed by atoms with Crippen molar-refractivity contribution in [3.05, 3.63) is 16.0 Å². The van der Waals surface area contributed by atoms with E-state index >= 15 is 0 Å². The molecule has 2 fully saturated rings. The van der Waals surface area contributed by atoms with E-state index in [1.807, 2.05) is 18.7 Å². The number of urea groups is 1. The second kappa shape index (κ2) is 6.33. The third kappa shape index (κ3) is 2.81. The predicted molar refractivity (Wildman–Crippen MR) is 90.1 cm³/mol. The number of nitrogens with one attached hydrogen (secondary N) is 2. The topological polar surface area (TPSA) is 88.4 Å². The number of rotatable bonds is 3. The lowest BCUT2D eigenvalue weighted by Gasteiger charge is -2.24. The van der Waals surface area contributed by atoms with Gasteiger partial charge in [0.15, 0.2) is 0 Å². The minimum atomic E-state index is -0.635.